The van der Waals surface area contributed by atoms with Gasteiger partial charge >= 0.3 is 0 Å². The van der Waals surface area contributed by atoms with Gasteiger partial charge in [0.1, 0.15) is 11.2 Å². The van der Waals surface area contributed by atoms with Crippen LogP contribution in [-0.4, -0.2) is 15.0 Å². The number of furan rings is 1. The standard InChI is InChI=1S/C51H29N3OS/c1-2-13-30(14-3-1)49-52-50(54-51(53-49)41-22-12-21-39-38-19-9-11-24-46(38)56-48(39)41)32-28-42(47-40-20-8-10-23-44(40)55-45(47)29-32)31-25-26-37-35-17-5-4-15-33(35)34-16-6-7-18-36(34)43(37)27-31/h1-29H. The van der Waals surface area contributed by atoms with Gasteiger partial charge in [0.15, 0.2) is 17.5 Å². The van der Waals surface area contributed by atoms with Crippen LogP contribution in [0.1, 0.15) is 0 Å². The SMILES string of the molecule is c1ccc(-c2nc(-c3cc(-c4ccc5c6ccccc6c6ccccc6c5c4)c4c(c3)oc3ccccc34)nc(-c3cccc4c3sc3ccccc34)n2)cc1. The molecule has 12 rings (SSSR count). The van der Waals surface area contributed by atoms with Gasteiger partial charge in [0, 0.05) is 47.6 Å². The number of hydrogen-bond donors (Lipinski definition) is 0. The van der Waals surface area contributed by atoms with Crippen molar-refractivity contribution >= 4 is 85.8 Å². The second kappa shape index (κ2) is 12.2. The number of nitrogens with zero attached hydrogens (tertiary/aromatic N) is 3. The fourth-order valence-electron chi connectivity index (χ4n) is 8.55. The first kappa shape index (κ1) is 31.2. The highest BCUT2D eigenvalue weighted by molar-refractivity contribution is 7.26. The summed E-state index contributed by atoms with van der Waals surface area (Å²) < 4.78 is 9.04. The Hall–Kier alpha value is -7.21. The van der Waals surface area contributed by atoms with E-state index in [2.05, 4.69) is 146 Å². The quantitative estimate of drug-likeness (QED) is 0.169. The molecule has 12 aromatic rings. The predicted molar refractivity (Wildman–Crippen MR) is 234 cm³/mol. The minimum Gasteiger partial charge on any atom is -0.456 e. The Morgan fingerprint density at radius 2 is 0.929 bits per heavy atom. The van der Waals surface area contributed by atoms with Gasteiger partial charge in [0.2, 0.25) is 0 Å². The van der Waals surface area contributed by atoms with Crippen molar-refractivity contribution < 1.29 is 4.42 Å². The molecule has 0 fully saturated rings. The monoisotopic (exact) mass is 731 g/mol. The number of fused-ring (bicyclic) bond motifs is 12. The van der Waals surface area contributed by atoms with Crippen molar-refractivity contribution in [3.63, 3.8) is 0 Å². The molecule has 3 aromatic heterocycles. The van der Waals surface area contributed by atoms with Crippen LogP contribution in [0.25, 0.3) is 120 Å². The lowest BCUT2D eigenvalue weighted by molar-refractivity contribution is 0.669. The largest absolute Gasteiger partial charge is 0.456 e. The van der Waals surface area contributed by atoms with E-state index in [1.54, 1.807) is 11.3 Å². The molecular weight excluding hydrogens is 703 g/mol. The van der Waals surface area contributed by atoms with Crippen LogP contribution in [0.2, 0.25) is 0 Å². The summed E-state index contributed by atoms with van der Waals surface area (Å²) in [4.78, 5) is 15.6. The van der Waals surface area contributed by atoms with Gasteiger partial charge in [-0.25, -0.2) is 15.0 Å². The normalized spacial score (nSPS) is 11.9. The molecule has 4 nitrogen and oxygen atoms in total. The van der Waals surface area contributed by atoms with Gasteiger partial charge in [0.05, 0.1) is 0 Å². The molecule has 9 aromatic carbocycles. The van der Waals surface area contributed by atoms with Crippen LogP contribution >= 0.6 is 11.3 Å². The molecule has 3 heterocycles. The van der Waals surface area contributed by atoms with Gasteiger partial charge in [-0.2, -0.15) is 0 Å². The molecule has 0 amide bonds. The molecule has 260 valence electrons. The van der Waals surface area contributed by atoms with Crippen LogP contribution in [0.15, 0.2) is 180 Å². The first-order valence-electron chi connectivity index (χ1n) is 18.8. The van der Waals surface area contributed by atoms with E-state index >= 15 is 0 Å². The summed E-state index contributed by atoms with van der Waals surface area (Å²) in [6, 6.07) is 62.1. The van der Waals surface area contributed by atoms with Crippen LogP contribution < -0.4 is 0 Å². The van der Waals surface area contributed by atoms with Gasteiger partial charge in [-0.1, -0.05) is 140 Å². The predicted octanol–water partition coefficient (Wildman–Crippen LogP) is 14.3. The lowest BCUT2D eigenvalue weighted by Crippen LogP contribution is -2.00. The van der Waals surface area contributed by atoms with Gasteiger partial charge < -0.3 is 4.42 Å². The molecule has 0 aliphatic carbocycles. The number of benzene rings is 9. The average Bonchev–Trinajstić information content (AvgIpc) is 3.85. The number of hydrogen-bond acceptors (Lipinski definition) is 5. The van der Waals surface area contributed by atoms with Crippen molar-refractivity contribution in [3.05, 3.63) is 176 Å². The molecule has 0 aliphatic heterocycles. The molecule has 5 heteroatoms. The number of aromatic nitrogens is 3. The van der Waals surface area contributed by atoms with Gasteiger partial charge in [-0.3, -0.25) is 0 Å². The molecule has 0 spiro atoms. The molecule has 0 N–H and O–H groups in total. The zero-order valence-corrected chi connectivity index (χ0v) is 30.7. The molecule has 0 radical (unpaired) electrons. The van der Waals surface area contributed by atoms with E-state index in [0.717, 1.165) is 54.5 Å². The maximum atomic E-state index is 6.64. The summed E-state index contributed by atoms with van der Waals surface area (Å²) in [5, 5.41) is 12.0. The third-order valence-electron chi connectivity index (χ3n) is 11.1. The summed E-state index contributed by atoms with van der Waals surface area (Å²) in [7, 11) is 0. The minimum absolute atomic E-state index is 0.591. The Kier molecular flexibility index (Phi) is 6.76. The van der Waals surface area contributed by atoms with Crippen LogP contribution in [-0.2, 0) is 0 Å². The molecule has 0 bridgehead atoms. The Morgan fingerprint density at radius 1 is 0.339 bits per heavy atom. The fraction of sp³-hybridized carbons (Fsp3) is 0. The van der Waals surface area contributed by atoms with Gasteiger partial charge in [-0.05, 0) is 79.8 Å². The molecule has 0 unspecified atom stereocenters. The summed E-state index contributed by atoms with van der Waals surface area (Å²) in [5.74, 6) is 1.85. The van der Waals surface area contributed by atoms with Crippen LogP contribution in [0.3, 0.4) is 0 Å². The van der Waals surface area contributed by atoms with Crippen molar-refractivity contribution in [2.75, 3.05) is 0 Å². The van der Waals surface area contributed by atoms with Gasteiger partial charge in [-0.15, -0.1) is 11.3 Å². The van der Waals surface area contributed by atoms with Crippen LogP contribution in [0.4, 0.5) is 0 Å². The van der Waals surface area contributed by atoms with E-state index in [-0.39, 0.29) is 0 Å². The highest BCUT2D eigenvalue weighted by Crippen LogP contribution is 2.44. The van der Waals surface area contributed by atoms with Gasteiger partial charge in [0.25, 0.3) is 0 Å². The average molecular weight is 732 g/mol. The zero-order valence-electron chi connectivity index (χ0n) is 29.9. The first-order valence-corrected chi connectivity index (χ1v) is 19.6. The third-order valence-corrected chi connectivity index (χ3v) is 12.3. The maximum absolute atomic E-state index is 6.64. The smallest absolute Gasteiger partial charge is 0.165 e. The lowest BCUT2D eigenvalue weighted by atomic mass is 9.90. The summed E-state index contributed by atoms with van der Waals surface area (Å²) in [6.07, 6.45) is 0. The summed E-state index contributed by atoms with van der Waals surface area (Å²) in [5.41, 5.74) is 6.58. The van der Waals surface area contributed by atoms with E-state index < -0.39 is 0 Å². The fourth-order valence-corrected chi connectivity index (χ4v) is 9.76. The highest BCUT2D eigenvalue weighted by atomic mass is 32.1. The molecule has 0 saturated carbocycles. The van der Waals surface area contributed by atoms with E-state index in [0.29, 0.717) is 17.5 Å². The van der Waals surface area contributed by atoms with E-state index in [9.17, 15) is 0 Å². The molecule has 0 saturated heterocycles. The van der Waals surface area contributed by atoms with Crippen LogP contribution in [0.5, 0.6) is 0 Å². The van der Waals surface area contributed by atoms with E-state index in [1.807, 2.05) is 30.3 Å². The summed E-state index contributed by atoms with van der Waals surface area (Å²) >= 11 is 1.78. The zero-order chi connectivity index (χ0) is 36.7. The van der Waals surface area contributed by atoms with Crippen molar-refractivity contribution in [1.82, 2.24) is 15.0 Å². The Balaban J connectivity index is 1.14. The topological polar surface area (TPSA) is 51.8 Å². The second-order valence-electron chi connectivity index (χ2n) is 14.3. The van der Waals surface area contributed by atoms with Crippen molar-refractivity contribution in [1.29, 1.82) is 0 Å². The number of para-hydroxylation sites is 1. The molecule has 56 heavy (non-hydrogen) atoms. The lowest BCUT2D eigenvalue weighted by Gasteiger charge is -2.14. The van der Waals surface area contributed by atoms with Crippen molar-refractivity contribution in [2.24, 2.45) is 0 Å². The molecule has 0 aliphatic rings. The molecule has 0 atom stereocenters. The third kappa shape index (κ3) is 4.75. The maximum Gasteiger partial charge on any atom is 0.165 e. The summed E-state index contributed by atoms with van der Waals surface area (Å²) in [6.45, 7) is 0. The van der Waals surface area contributed by atoms with E-state index in [4.69, 9.17) is 19.4 Å². The van der Waals surface area contributed by atoms with Crippen molar-refractivity contribution in [3.8, 4) is 45.3 Å². The van der Waals surface area contributed by atoms with E-state index in [1.165, 1.54) is 47.8 Å². The van der Waals surface area contributed by atoms with Crippen molar-refractivity contribution in [2.45, 2.75) is 0 Å². The second-order valence-corrected chi connectivity index (χ2v) is 15.4. The Labute approximate surface area is 325 Å². The highest BCUT2D eigenvalue weighted by Gasteiger charge is 2.21. The Morgan fingerprint density at radius 3 is 1.70 bits per heavy atom. The Bertz CT molecular complexity index is 3510. The minimum atomic E-state index is 0.591. The first-order chi connectivity index (χ1) is 27.7. The number of rotatable bonds is 4. The number of thiophene rings is 1. The van der Waals surface area contributed by atoms with Crippen LogP contribution in [0, 0.1) is 0 Å². The molecular formula is C51H29N3OS.